The number of methoxy groups -OCH3 is 2. The van der Waals surface area contributed by atoms with Gasteiger partial charge in [-0.2, -0.15) is 0 Å². The number of benzene rings is 1. The molecule has 1 aromatic heterocycles. The van der Waals surface area contributed by atoms with Crippen molar-refractivity contribution in [1.29, 1.82) is 0 Å². The van der Waals surface area contributed by atoms with Crippen LogP contribution in [0, 0.1) is 17.8 Å². The molecule has 1 fully saturated rings. The van der Waals surface area contributed by atoms with Crippen LogP contribution in [0.2, 0.25) is 0 Å². The number of carbonyl (C=O) groups is 5. The van der Waals surface area contributed by atoms with Crippen molar-refractivity contribution < 1.29 is 38.2 Å². The molecule has 1 saturated carbocycles. The molecule has 1 heterocycles. The van der Waals surface area contributed by atoms with Crippen LogP contribution >= 0.6 is 0 Å². The predicted octanol–water partition coefficient (Wildman–Crippen LogP) is 3.34. The van der Waals surface area contributed by atoms with Crippen molar-refractivity contribution in [3.63, 3.8) is 0 Å². The Balaban J connectivity index is 2.03. The van der Waals surface area contributed by atoms with Gasteiger partial charge < -0.3 is 35.1 Å². The number of rotatable bonds is 17. The maximum Gasteiger partial charge on any atom is 0.407 e. The van der Waals surface area contributed by atoms with E-state index in [0.29, 0.717) is 6.54 Å². The lowest BCUT2D eigenvalue weighted by Crippen LogP contribution is -2.60. The normalized spacial score (nSPS) is 15.8. The van der Waals surface area contributed by atoms with Crippen LogP contribution in [-0.4, -0.2) is 96.5 Å². The van der Waals surface area contributed by atoms with E-state index in [2.05, 4.69) is 31.3 Å². The molecule has 1 aromatic carbocycles. The zero-order valence-corrected chi connectivity index (χ0v) is 29.9. The molecular formula is C35H53N7O8. The fourth-order valence-electron chi connectivity index (χ4n) is 5.96. The number of H-pyrrole nitrogens is 1. The van der Waals surface area contributed by atoms with Gasteiger partial charge in [-0.3, -0.25) is 15.0 Å². The zero-order valence-electron chi connectivity index (χ0n) is 29.9. The summed E-state index contributed by atoms with van der Waals surface area (Å²) in [5.74, 6) is -2.01. The molecule has 0 saturated heterocycles. The number of hydrazine groups is 1. The average molecular weight is 700 g/mol. The van der Waals surface area contributed by atoms with Gasteiger partial charge in [0.25, 0.3) is 5.91 Å². The Morgan fingerprint density at radius 1 is 0.860 bits per heavy atom. The molecule has 0 spiro atoms. The highest BCUT2D eigenvalue weighted by Gasteiger charge is 2.35. The molecule has 15 heteroatoms. The van der Waals surface area contributed by atoms with Gasteiger partial charge in [0.1, 0.15) is 23.9 Å². The number of hydrogen-bond acceptors (Lipinski definition) is 10. The summed E-state index contributed by atoms with van der Waals surface area (Å²) in [6, 6.07) is 6.70. The number of aromatic nitrogens is 2. The lowest BCUT2D eigenvalue weighted by molar-refractivity contribution is -0.131. The molecule has 4 atom stereocenters. The number of aromatic amines is 1. The van der Waals surface area contributed by atoms with E-state index in [4.69, 9.17) is 14.2 Å². The third kappa shape index (κ3) is 12.7. The minimum absolute atomic E-state index is 0.0142. The second-order valence-electron chi connectivity index (χ2n) is 13.3. The summed E-state index contributed by atoms with van der Waals surface area (Å²) >= 11 is 0. The smallest absolute Gasteiger partial charge is 0.407 e. The number of imidazole rings is 1. The molecule has 4 amide bonds. The van der Waals surface area contributed by atoms with Crippen LogP contribution in [0.15, 0.2) is 42.9 Å². The number of nitrogens with zero attached hydrogens (tertiary/aromatic N) is 2. The summed E-state index contributed by atoms with van der Waals surface area (Å²) in [5, 5.41) is 9.96. The van der Waals surface area contributed by atoms with Crippen molar-refractivity contribution in [2.45, 2.75) is 90.4 Å². The van der Waals surface area contributed by atoms with E-state index in [1.165, 1.54) is 26.7 Å². The van der Waals surface area contributed by atoms with Crippen molar-refractivity contribution >= 4 is 30.0 Å². The molecule has 1 aliphatic rings. The van der Waals surface area contributed by atoms with E-state index in [9.17, 15) is 24.0 Å². The first-order chi connectivity index (χ1) is 23.9. The van der Waals surface area contributed by atoms with Gasteiger partial charge in [-0.15, -0.1) is 0 Å². The van der Waals surface area contributed by atoms with Crippen molar-refractivity contribution in [2.75, 3.05) is 27.3 Å². The second-order valence-corrected chi connectivity index (χ2v) is 13.3. The Morgan fingerprint density at radius 3 is 2.00 bits per heavy atom. The molecule has 0 radical (unpaired) electrons. The maximum atomic E-state index is 13.9. The minimum atomic E-state index is -1.02. The molecule has 276 valence electrons. The molecular weight excluding hydrogens is 646 g/mol. The number of nitrogens with one attached hydrogen (secondary N) is 5. The van der Waals surface area contributed by atoms with E-state index >= 15 is 0 Å². The highest BCUT2D eigenvalue weighted by atomic mass is 16.6. The number of hydrogen-bond donors (Lipinski definition) is 5. The van der Waals surface area contributed by atoms with Gasteiger partial charge in [-0.1, -0.05) is 77.3 Å². The maximum absolute atomic E-state index is 13.9. The first-order valence-electron chi connectivity index (χ1n) is 17.2. The third-order valence-electron chi connectivity index (χ3n) is 8.74. The van der Waals surface area contributed by atoms with Crippen LogP contribution in [0.1, 0.15) is 75.9 Å². The Kier molecular flexibility index (Phi) is 16.0. The van der Waals surface area contributed by atoms with Gasteiger partial charge in [0, 0.05) is 6.54 Å². The predicted molar refractivity (Wildman–Crippen MR) is 184 cm³/mol. The topological polar surface area (TPSA) is 193 Å². The molecule has 0 bridgehead atoms. The Hall–Kier alpha value is -4.66. The lowest BCUT2D eigenvalue weighted by Gasteiger charge is -2.36. The summed E-state index contributed by atoms with van der Waals surface area (Å²) in [6.45, 7) is 7.62. The number of esters is 1. The fraction of sp³-hybridized carbons (Fsp3) is 0.600. The second kappa shape index (κ2) is 20.1. The zero-order chi connectivity index (χ0) is 36.6. The van der Waals surface area contributed by atoms with Crippen molar-refractivity contribution in [2.24, 2.45) is 17.8 Å². The first-order valence-corrected chi connectivity index (χ1v) is 17.2. The molecule has 5 N–H and O–H groups in total. The van der Waals surface area contributed by atoms with Crippen molar-refractivity contribution in [3.05, 3.63) is 54.1 Å². The molecule has 2 aromatic rings. The van der Waals surface area contributed by atoms with E-state index in [0.717, 1.165) is 37.7 Å². The molecule has 3 rings (SSSR count). The SMILES string of the molecule is COC(=O)N[C@H](C(=O)N[C@@H](Cc1ccccc1)[C@H](CN(CC1CCCCC1)NC(=O)[C@@H](NC(=O)OC)C(C)C)OC(=O)c1cnc[nH]1)C(C)C. The molecule has 0 unspecified atom stereocenters. The van der Waals surface area contributed by atoms with Crippen LogP contribution in [0.5, 0.6) is 0 Å². The summed E-state index contributed by atoms with van der Waals surface area (Å²) in [4.78, 5) is 72.1. The van der Waals surface area contributed by atoms with Crippen LogP contribution < -0.4 is 21.4 Å². The summed E-state index contributed by atoms with van der Waals surface area (Å²) in [7, 11) is 2.44. The monoisotopic (exact) mass is 699 g/mol. The van der Waals surface area contributed by atoms with E-state index in [1.54, 1.807) is 32.7 Å². The van der Waals surface area contributed by atoms with E-state index in [-0.39, 0.29) is 36.4 Å². The fourth-order valence-corrected chi connectivity index (χ4v) is 5.96. The highest BCUT2D eigenvalue weighted by Crippen LogP contribution is 2.25. The molecule has 1 aliphatic carbocycles. The lowest BCUT2D eigenvalue weighted by atomic mass is 9.89. The van der Waals surface area contributed by atoms with Gasteiger partial charge in [-0.05, 0) is 42.6 Å². The van der Waals surface area contributed by atoms with E-state index in [1.807, 2.05) is 30.3 Å². The van der Waals surface area contributed by atoms with Crippen LogP contribution in [0.3, 0.4) is 0 Å². The van der Waals surface area contributed by atoms with Gasteiger partial charge in [-0.25, -0.2) is 24.4 Å². The van der Waals surface area contributed by atoms with Crippen molar-refractivity contribution in [3.8, 4) is 0 Å². The molecule has 50 heavy (non-hydrogen) atoms. The van der Waals surface area contributed by atoms with Gasteiger partial charge >= 0.3 is 18.2 Å². The Bertz CT molecular complexity index is 1370. The molecule has 15 nitrogen and oxygen atoms in total. The number of alkyl carbamates (subject to hydrolysis) is 2. The largest absolute Gasteiger partial charge is 0.454 e. The van der Waals surface area contributed by atoms with E-state index < -0.39 is 54.2 Å². The van der Waals surface area contributed by atoms with Gasteiger partial charge in [0.05, 0.1) is 39.3 Å². The first kappa shape index (κ1) is 39.8. The van der Waals surface area contributed by atoms with Gasteiger partial charge in [0.15, 0.2) is 0 Å². The highest BCUT2D eigenvalue weighted by molar-refractivity contribution is 5.88. The standard InChI is InChI=1S/C35H53N7O8/c1-22(2)29(39-34(46)48-5)31(43)38-26(17-24-13-9-7-10-14-24)28(50-33(45)27-18-36-21-37-27)20-42(19-25-15-11-8-12-16-25)41-32(44)30(23(3)4)40-35(47)49-6/h7,9-10,13-14,18,21-23,25-26,28-30H,8,11-12,15-17,19-20H2,1-6H3,(H,36,37)(H,38,43)(H,39,46)(H,40,47)(H,41,44)/t26-,28-,29-,30-/m0/s1. The Labute approximate surface area is 293 Å². The quantitative estimate of drug-likeness (QED) is 0.0929. The summed E-state index contributed by atoms with van der Waals surface area (Å²) in [6.07, 6.45) is 5.58. The summed E-state index contributed by atoms with van der Waals surface area (Å²) < 4.78 is 15.7. The number of amides is 4. The van der Waals surface area contributed by atoms with Crippen LogP contribution in [0.25, 0.3) is 0 Å². The molecule has 0 aliphatic heterocycles. The Morgan fingerprint density at radius 2 is 1.46 bits per heavy atom. The van der Waals surface area contributed by atoms with Crippen molar-refractivity contribution in [1.82, 2.24) is 36.4 Å². The van der Waals surface area contributed by atoms with Gasteiger partial charge in [0.2, 0.25) is 5.91 Å². The van der Waals surface area contributed by atoms with Crippen LogP contribution in [0.4, 0.5) is 9.59 Å². The number of carbonyl (C=O) groups excluding carboxylic acids is 5. The number of ether oxygens (including phenoxy) is 3. The third-order valence-corrected chi connectivity index (χ3v) is 8.74. The minimum Gasteiger partial charge on any atom is -0.454 e. The summed E-state index contributed by atoms with van der Waals surface area (Å²) in [5.41, 5.74) is 3.95. The van der Waals surface area contributed by atoms with Crippen LogP contribution in [-0.2, 0) is 30.2 Å². The average Bonchev–Trinajstić information content (AvgIpc) is 3.65.